The second-order valence-corrected chi connectivity index (χ2v) is 21.2. The first kappa shape index (κ1) is 75.7. The molecule has 81 heavy (non-hydrogen) atoms. The van der Waals surface area contributed by atoms with Crippen LogP contribution in [0, 0.1) is 0 Å². The first-order valence-corrected chi connectivity index (χ1v) is 31.3. The smallest absolute Gasteiger partial charge is 0.361 e. The molecule has 0 rings (SSSR count). The summed E-state index contributed by atoms with van der Waals surface area (Å²) >= 11 is 0. The standard InChI is InChI=1S/C72H113NO8/c1-6-8-10-12-14-16-18-20-22-24-26-27-28-29-30-31-32-33-34-35-36-37-38-39-40-41-42-43-45-47-49-51-53-55-57-59-61-63-70(75)81-68(67-80-72(71(76)77)78-65-64-73(3,4)5)66-79-69(74)62-60-58-56-54-52-50-48-46-44-25-23-21-19-17-15-13-11-9-7-2/h8-11,14-17,20-23,26-27,29-30,32-33,35-36,38-39,41-42,44-47,68,72H,6-7,12-13,18-19,24-25,28,31,34,37,40,43,48-67H2,1-5H3/p+1/b10-8-,11-9-,16-14-,17-15-,22-20-,23-21-,27-26-,30-29-,33-32-,36-35-,39-38-,42-41-,46-44-,47-45-. The van der Waals surface area contributed by atoms with E-state index in [1.165, 1.54) is 0 Å². The van der Waals surface area contributed by atoms with Gasteiger partial charge in [-0.3, -0.25) is 9.59 Å². The lowest BCUT2D eigenvalue weighted by Gasteiger charge is -2.25. The molecule has 1 N–H and O–H groups in total. The van der Waals surface area contributed by atoms with Gasteiger partial charge in [0.1, 0.15) is 13.2 Å². The Balaban J connectivity index is 4.29. The number of allylic oxidation sites excluding steroid dienone is 28. The Kier molecular flexibility index (Phi) is 56.7. The summed E-state index contributed by atoms with van der Waals surface area (Å²) in [4.78, 5) is 37.5. The summed E-state index contributed by atoms with van der Waals surface area (Å²) in [7, 11) is 5.94. The predicted molar refractivity (Wildman–Crippen MR) is 345 cm³/mol. The van der Waals surface area contributed by atoms with E-state index in [1.807, 2.05) is 21.1 Å². The van der Waals surface area contributed by atoms with Crippen LogP contribution in [0.1, 0.15) is 206 Å². The van der Waals surface area contributed by atoms with Crippen molar-refractivity contribution >= 4 is 17.9 Å². The molecule has 454 valence electrons. The molecule has 9 nitrogen and oxygen atoms in total. The van der Waals surface area contributed by atoms with Gasteiger partial charge in [-0.1, -0.05) is 235 Å². The molecule has 0 amide bonds. The molecule has 0 bridgehead atoms. The van der Waals surface area contributed by atoms with Gasteiger partial charge in [0, 0.05) is 12.8 Å². The van der Waals surface area contributed by atoms with Crippen molar-refractivity contribution in [2.24, 2.45) is 0 Å². The number of carbonyl (C=O) groups excluding carboxylic acids is 2. The second-order valence-electron chi connectivity index (χ2n) is 21.2. The fourth-order valence-corrected chi connectivity index (χ4v) is 7.74. The van der Waals surface area contributed by atoms with Gasteiger partial charge in [0.05, 0.1) is 34.4 Å². The van der Waals surface area contributed by atoms with Gasteiger partial charge in [-0.2, -0.15) is 0 Å². The zero-order valence-electron chi connectivity index (χ0n) is 51.6. The maximum Gasteiger partial charge on any atom is 0.361 e. The van der Waals surface area contributed by atoms with Crippen molar-refractivity contribution in [3.8, 4) is 0 Å². The number of aliphatic carboxylic acids is 1. The topological polar surface area (TPSA) is 108 Å². The van der Waals surface area contributed by atoms with E-state index in [9.17, 15) is 19.5 Å². The Morgan fingerprint density at radius 2 is 0.667 bits per heavy atom. The summed E-state index contributed by atoms with van der Waals surface area (Å²) in [6, 6.07) is 0. The predicted octanol–water partition coefficient (Wildman–Crippen LogP) is 19.1. The summed E-state index contributed by atoms with van der Waals surface area (Å²) in [6.45, 7) is 4.58. The van der Waals surface area contributed by atoms with Crippen LogP contribution in [0.15, 0.2) is 170 Å². The highest BCUT2D eigenvalue weighted by Gasteiger charge is 2.25. The van der Waals surface area contributed by atoms with Crippen LogP contribution in [0.2, 0.25) is 0 Å². The molecule has 0 aliphatic carbocycles. The molecule has 2 atom stereocenters. The van der Waals surface area contributed by atoms with Crippen LogP contribution in [0.3, 0.4) is 0 Å². The average molecular weight is 1120 g/mol. The van der Waals surface area contributed by atoms with Gasteiger partial charge >= 0.3 is 17.9 Å². The Morgan fingerprint density at radius 1 is 0.370 bits per heavy atom. The van der Waals surface area contributed by atoms with Crippen LogP contribution in [0.25, 0.3) is 0 Å². The van der Waals surface area contributed by atoms with Crippen LogP contribution < -0.4 is 0 Å². The van der Waals surface area contributed by atoms with Gasteiger partial charge in [0.25, 0.3) is 6.29 Å². The van der Waals surface area contributed by atoms with Crippen LogP contribution >= 0.6 is 0 Å². The number of carboxylic acid groups (broad SMARTS) is 1. The third-order valence-electron chi connectivity index (χ3n) is 12.5. The molecule has 0 fully saturated rings. The van der Waals surface area contributed by atoms with Gasteiger partial charge in [0.15, 0.2) is 6.10 Å². The summed E-state index contributed by atoms with van der Waals surface area (Å²) in [5.41, 5.74) is 0. The molecular weight excluding hydrogens is 1010 g/mol. The third-order valence-corrected chi connectivity index (χ3v) is 12.5. The summed E-state index contributed by atoms with van der Waals surface area (Å²) in [5, 5.41) is 9.72. The number of esters is 2. The number of unbranched alkanes of at least 4 members (excludes halogenated alkanes) is 12. The van der Waals surface area contributed by atoms with Gasteiger partial charge in [0.2, 0.25) is 0 Å². The quantitative estimate of drug-likeness (QED) is 0.0211. The zero-order chi connectivity index (χ0) is 59.1. The number of quaternary nitrogens is 1. The minimum atomic E-state index is -1.53. The Bertz CT molecular complexity index is 1930. The highest BCUT2D eigenvalue weighted by atomic mass is 16.7. The SMILES string of the molecule is CC/C=C\C/C=C\C/C=C\C/C=C\C/C=C\C/C=C\C/C=C\C/C=C\C/C=C\C/C=C\CCCCCCCCC(=O)OC(COC(=O)CCCCCCCC/C=C\C/C=C\C/C=C\C/C=C\CC)COC(OCC[N+](C)(C)C)C(=O)O. The fraction of sp³-hybridized carbons (Fsp3) is 0.569. The third kappa shape index (κ3) is 62.1. The molecule has 0 heterocycles. The van der Waals surface area contributed by atoms with Crippen LogP contribution in [0.5, 0.6) is 0 Å². The maximum atomic E-state index is 12.9. The number of carboxylic acids is 1. The molecule has 0 aromatic rings. The first-order valence-electron chi connectivity index (χ1n) is 31.3. The van der Waals surface area contributed by atoms with E-state index in [2.05, 4.69) is 184 Å². The lowest BCUT2D eigenvalue weighted by Crippen LogP contribution is -2.40. The molecule has 2 unspecified atom stereocenters. The molecule has 0 spiro atoms. The zero-order valence-corrected chi connectivity index (χ0v) is 51.6. The van der Waals surface area contributed by atoms with Gasteiger partial charge in [-0.05, 0) is 128 Å². The molecule has 0 aromatic carbocycles. The van der Waals surface area contributed by atoms with E-state index in [-0.39, 0.29) is 38.6 Å². The molecule has 0 radical (unpaired) electrons. The number of hydrogen-bond acceptors (Lipinski definition) is 7. The van der Waals surface area contributed by atoms with Crippen molar-refractivity contribution in [3.63, 3.8) is 0 Å². The largest absolute Gasteiger partial charge is 0.477 e. The Labute approximate surface area is 495 Å². The van der Waals surface area contributed by atoms with Crippen LogP contribution in [0.4, 0.5) is 0 Å². The van der Waals surface area contributed by atoms with E-state index < -0.39 is 24.3 Å². The minimum Gasteiger partial charge on any atom is -0.477 e. The molecule has 0 aliphatic rings. The molecule has 0 aliphatic heterocycles. The monoisotopic (exact) mass is 1120 g/mol. The van der Waals surface area contributed by atoms with Gasteiger partial charge < -0.3 is 28.5 Å². The minimum absolute atomic E-state index is 0.172. The van der Waals surface area contributed by atoms with Crippen LogP contribution in [-0.4, -0.2) is 87.4 Å². The number of carbonyl (C=O) groups is 3. The van der Waals surface area contributed by atoms with Crippen molar-refractivity contribution in [1.29, 1.82) is 0 Å². The Morgan fingerprint density at radius 3 is 0.988 bits per heavy atom. The molecular formula is C72H114NO8+. The highest BCUT2D eigenvalue weighted by Crippen LogP contribution is 2.13. The number of likely N-dealkylation sites (N-methyl/N-ethyl adjacent to an activating group) is 1. The maximum absolute atomic E-state index is 12.9. The first-order chi connectivity index (χ1) is 39.6. The summed E-state index contributed by atoms with van der Waals surface area (Å²) < 4.78 is 22.9. The van der Waals surface area contributed by atoms with E-state index in [0.717, 1.165) is 173 Å². The summed E-state index contributed by atoms with van der Waals surface area (Å²) in [5.74, 6) is -2.07. The van der Waals surface area contributed by atoms with Crippen LogP contribution in [-0.2, 0) is 33.3 Å². The second kappa shape index (κ2) is 60.7. The van der Waals surface area contributed by atoms with Gasteiger partial charge in [-0.15, -0.1) is 0 Å². The normalized spacial score (nSPS) is 13.9. The Hall–Kier alpha value is -5.35. The lowest BCUT2D eigenvalue weighted by molar-refractivity contribution is -0.870. The van der Waals surface area contributed by atoms with E-state index in [1.54, 1.807) is 0 Å². The highest BCUT2D eigenvalue weighted by molar-refractivity contribution is 5.71. The van der Waals surface area contributed by atoms with Crippen molar-refractivity contribution in [3.05, 3.63) is 170 Å². The van der Waals surface area contributed by atoms with E-state index in [4.69, 9.17) is 18.9 Å². The molecule has 0 aromatic heterocycles. The van der Waals surface area contributed by atoms with Crippen molar-refractivity contribution in [2.75, 3.05) is 47.5 Å². The van der Waals surface area contributed by atoms with Gasteiger partial charge in [-0.25, -0.2) is 4.79 Å². The average Bonchev–Trinajstić information content (AvgIpc) is 3.44. The molecule has 0 saturated carbocycles. The summed E-state index contributed by atoms with van der Waals surface area (Å²) in [6.07, 6.45) is 88.7. The molecule has 9 heteroatoms. The van der Waals surface area contributed by atoms with Crippen molar-refractivity contribution in [1.82, 2.24) is 0 Å². The molecule has 0 saturated heterocycles. The van der Waals surface area contributed by atoms with E-state index in [0.29, 0.717) is 17.4 Å². The van der Waals surface area contributed by atoms with Crippen molar-refractivity contribution < 1.29 is 42.9 Å². The number of nitrogens with zero attached hydrogens (tertiary/aromatic N) is 1. The van der Waals surface area contributed by atoms with Crippen molar-refractivity contribution in [2.45, 2.75) is 219 Å². The fourth-order valence-electron chi connectivity index (χ4n) is 7.74. The number of hydrogen-bond donors (Lipinski definition) is 1. The number of rotatable bonds is 55. The number of ether oxygens (including phenoxy) is 4. The lowest BCUT2D eigenvalue weighted by atomic mass is 10.1. The van der Waals surface area contributed by atoms with E-state index >= 15 is 0 Å².